The number of benzene rings is 2. The smallest absolute Gasteiger partial charge is 0.349 e. The maximum atomic E-state index is 12.1. The summed E-state index contributed by atoms with van der Waals surface area (Å²) in [4.78, 5) is 24.2. The van der Waals surface area contributed by atoms with Gasteiger partial charge in [0.15, 0.2) is 12.4 Å². The lowest BCUT2D eigenvalue weighted by atomic mass is 10.1. The van der Waals surface area contributed by atoms with E-state index in [0.717, 1.165) is 12.0 Å². The molecular weight excluding hydrogens is 342 g/mol. The molecule has 27 heavy (non-hydrogen) atoms. The third-order valence-electron chi connectivity index (χ3n) is 3.86. The Morgan fingerprint density at radius 2 is 1.70 bits per heavy atom. The summed E-state index contributed by atoms with van der Waals surface area (Å²) in [5.41, 5.74) is 2.07. The van der Waals surface area contributed by atoms with Crippen LogP contribution < -0.4 is 4.74 Å². The maximum absolute atomic E-state index is 12.1. The van der Waals surface area contributed by atoms with Crippen molar-refractivity contribution in [3.05, 3.63) is 70.8 Å². The molecule has 0 aromatic heterocycles. The van der Waals surface area contributed by atoms with Gasteiger partial charge in [0.05, 0.1) is 6.61 Å². The Labute approximate surface area is 158 Å². The van der Waals surface area contributed by atoms with E-state index in [9.17, 15) is 14.9 Å². The molecule has 0 atom stereocenters. The van der Waals surface area contributed by atoms with Gasteiger partial charge in [-0.05, 0) is 42.7 Å². The van der Waals surface area contributed by atoms with Crippen molar-refractivity contribution in [3.8, 4) is 11.8 Å². The number of nitrogens with zero attached hydrogens (tertiary/aromatic N) is 1. The summed E-state index contributed by atoms with van der Waals surface area (Å²) in [7, 11) is 0. The third kappa shape index (κ3) is 5.82. The largest absolute Gasteiger partial charge is 0.494 e. The first-order chi connectivity index (χ1) is 13.1. The number of hydrogen-bond acceptors (Lipinski definition) is 5. The van der Waals surface area contributed by atoms with Gasteiger partial charge in [-0.25, -0.2) is 4.79 Å². The molecule has 2 aromatic carbocycles. The molecular formula is C22H21NO4. The molecule has 0 spiro atoms. The standard InChI is InChI=1S/C22H21NO4/c1-3-16-5-9-18(10-6-16)21(24)15-27-22(25)19(14-23)13-17-7-11-20(12-8-17)26-4-2/h5-13H,3-4,15H2,1-2H3/b19-13+. The molecule has 138 valence electrons. The minimum Gasteiger partial charge on any atom is -0.494 e. The summed E-state index contributed by atoms with van der Waals surface area (Å²) in [6.45, 7) is 4.06. The number of carbonyl (C=O) groups excluding carboxylic acids is 2. The predicted octanol–water partition coefficient (Wildman–Crippen LogP) is 3.98. The predicted molar refractivity (Wildman–Crippen MR) is 102 cm³/mol. The third-order valence-corrected chi connectivity index (χ3v) is 3.86. The molecule has 0 radical (unpaired) electrons. The van der Waals surface area contributed by atoms with Gasteiger partial charge >= 0.3 is 5.97 Å². The summed E-state index contributed by atoms with van der Waals surface area (Å²) in [6, 6.07) is 15.9. The van der Waals surface area contributed by atoms with Crippen LogP contribution in [0, 0.1) is 11.3 Å². The van der Waals surface area contributed by atoms with Crippen LogP contribution in [-0.4, -0.2) is 25.0 Å². The average Bonchev–Trinajstić information content (AvgIpc) is 2.71. The van der Waals surface area contributed by atoms with Crippen molar-refractivity contribution >= 4 is 17.8 Å². The lowest BCUT2D eigenvalue weighted by Crippen LogP contribution is -2.15. The second-order valence-corrected chi connectivity index (χ2v) is 5.72. The van der Waals surface area contributed by atoms with Crippen molar-refractivity contribution in [2.24, 2.45) is 0 Å². The Hall–Kier alpha value is -3.39. The highest BCUT2D eigenvalue weighted by Gasteiger charge is 2.14. The quantitative estimate of drug-likeness (QED) is 0.307. The van der Waals surface area contributed by atoms with E-state index in [4.69, 9.17) is 9.47 Å². The highest BCUT2D eigenvalue weighted by atomic mass is 16.5. The van der Waals surface area contributed by atoms with Gasteiger partial charge in [-0.3, -0.25) is 4.79 Å². The van der Waals surface area contributed by atoms with Gasteiger partial charge in [0, 0.05) is 5.56 Å². The number of rotatable bonds is 8. The molecule has 5 heteroatoms. The molecule has 0 aliphatic rings. The highest BCUT2D eigenvalue weighted by molar-refractivity contribution is 6.01. The molecule has 0 unspecified atom stereocenters. The minimum absolute atomic E-state index is 0.173. The molecule has 0 aliphatic carbocycles. The fourth-order valence-corrected chi connectivity index (χ4v) is 2.35. The van der Waals surface area contributed by atoms with Crippen molar-refractivity contribution in [1.29, 1.82) is 5.26 Å². The molecule has 0 saturated carbocycles. The molecule has 0 bridgehead atoms. The van der Waals surface area contributed by atoms with Crippen LogP contribution in [0.4, 0.5) is 0 Å². The van der Waals surface area contributed by atoms with Crippen LogP contribution >= 0.6 is 0 Å². The first-order valence-electron chi connectivity index (χ1n) is 8.71. The molecule has 2 rings (SSSR count). The topological polar surface area (TPSA) is 76.4 Å². The number of esters is 1. The van der Waals surface area contributed by atoms with E-state index in [1.807, 2.05) is 32.0 Å². The molecule has 5 nitrogen and oxygen atoms in total. The van der Waals surface area contributed by atoms with E-state index in [-0.39, 0.29) is 11.4 Å². The van der Waals surface area contributed by atoms with Crippen LogP contribution in [0.15, 0.2) is 54.1 Å². The Morgan fingerprint density at radius 1 is 1.04 bits per heavy atom. The summed E-state index contributed by atoms with van der Waals surface area (Å²) in [5, 5.41) is 9.21. The Kier molecular flexibility index (Phi) is 7.33. The van der Waals surface area contributed by atoms with E-state index in [2.05, 4.69) is 0 Å². The van der Waals surface area contributed by atoms with Crippen LogP contribution in [0.2, 0.25) is 0 Å². The van der Waals surface area contributed by atoms with E-state index in [1.165, 1.54) is 6.08 Å². The van der Waals surface area contributed by atoms with Crippen LogP contribution in [0.1, 0.15) is 35.3 Å². The fourth-order valence-electron chi connectivity index (χ4n) is 2.35. The van der Waals surface area contributed by atoms with Crippen molar-refractivity contribution < 1.29 is 19.1 Å². The van der Waals surface area contributed by atoms with E-state index in [0.29, 0.717) is 23.5 Å². The first-order valence-corrected chi connectivity index (χ1v) is 8.71. The normalized spacial score (nSPS) is 10.8. The minimum atomic E-state index is -0.829. The van der Waals surface area contributed by atoms with Gasteiger partial charge in [0.2, 0.25) is 0 Å². The molecule has 0 fully saturated rings. The monoisotopic (exact) mass is 363 g/mol. The van der Waals surface area contributed by atoms with Crippen molar-refractivity contribution in [2.45, 2.75) is 20.3 Å². The van der Waals surface area contributed by atoms with E-state index < -0.39 is 12.6 Å². The van der Waals surface area contributed by atoms with Gasteiger partial charge in [-0.1, -0.05) is 43.3 Å². The molecule has 0 amide bonds. The number of carbonyl (C=O) groups is 2. The zero-order valence-corrected chi connectivity index (χ0v) is 15.4. The summed E-state index contributed by atoms with van der Waals surface area (Å²) in [6.07, 6.45) is 2.30. The maximum Gasteiger partial charge on any atom is 0.349 e. The SMILES string of the molecule is CCOc1ccc(/C=C(\C#N)C(=O)OCC(=O)c2ccc(CC)cc2)cc1. The van der Waals surface area contributed by atoms with Crippen LogP contribution in [-0.2, 0) is 16.0 Å². The second kappa shape index (κ2) is 9.93. The zero-order chi connectivity index (χ0) is 19.6. The van der Waals surface area contributed by atoms with Crippen LogP contribution in [0.25, 0.3) is 6.08 Å². The average molecular weight is 363 g/mol. The number of Topliss-reactive ketones (excluding diaryl/α,β-unsaturated/α-hetero) is 1. The van der Waals surface area contributed by atoms with Gasteiger partial charge in [0.1, 0.15) is 17.4 Å². The lowest BCUT2D eigenvalue weighted by Gasteiger charge is -2.05. The molecule has 0 heterocycles. The van der Waals surface area contributed by atoms with Gasteiger partial charge in [-0.15, -0.1) is 0 Å². The molecule has 0 aliphatic heterocycles. The van der Waals surface area contributed by atoms with Crippen LogP contribution in [0.5, 0.6) is 5.75 Å². The zero-order valence-electron chi connectivity index (χ0n) is 15.4. The van der Waals surface area contributed by atoms with Crippen LogP contribution in [0.3, 0.4) is 0 Å². The Morgan fingerprint density at radius 3 is 2.26 bits per heavy atom. The Bertz CT molecular complexity index is 859. The highest BCUT2D eigenvalue weighted by Crippen LogP contribution is 2.15. The van der Waals surface area contributed by atoms with Crippen molar-refractivity contribution in [3.63, 3.8) is 0 Å². The van der Waals surface area contributed by atoms with Crippen molar-refractivity contribution in [2.75, 3.05) is 13.2 Å². The summed E-state index contributed by atoms with van der Waals surface area (Å²) >= 11 is 0. The number of nitriles is 1. The number of ether oxygens (including phenoxy) is 2. The number of hydrogen-bond donors (Lipinski definition) is 0. The number of aryl methyl sites for hydroxylation is 1. The Balaban J connectivity index is 1.99. The molecule has 2 aromatic rings. The van der Waals surface area contributed by atoms with Gasteiger partial charge < -0.3 is 9.47 Å². The molecule has 0 N–H and O–H groups in total. The first kappa shape index (κ1) is 19.9. The molecule has 0 saturated heterocycles. The lowest BCUT2D eigenvalue weighted by molar-refractivity contribution is -0.137. The second-order valence-electron chi connectivity index (χ2n) is 5.72. The van der Waals surface area contributed by atoms with E-state index in [1.54, 1.807) is 36.4 Å². The van der Waals surface area contributed by atoms with Crippen molar-refractivity contribution in [1.82, 2.24) is 0 Å². The van der Waals surface area contributed by atoms with Gasteiger partial charge in [0.25, 0.3) is 0 Å². The summed E-state index contributed by atoms with van der Waals surface area (Å²) in [5.74, 6) is -0.440. The van der Waals surface area contributed by atoms with E-state index >= 15 is 0 Å². The summed E-state index contributed by atoms with van der Waals surface area (Å²) < 4.78 is 10.3. The number of ketones is 1. The fraction of sp³-hybridized carbons (Fsp3) is 0.227. The van der Waals surface area contributed by atoms with Gasteiger partial charge in [-0.2, -0.15) is 5.26 Å².